The van der Waals surface area contributed by atoms with Crippen molar-refractivity contribution in [2.24, 2.45) is 0 Å². The topological polar surface area (TPSA) is 17.1 Å². The third-order valence-electron chi connectivity index (χ3n) is 3.49. The molecule has 0 saturated heterocycles. The molecule has 0 N–H and O–H groups in total. The van der Waals surface area contributed by atoms with Gasteiger partial charge in [0.15, 0.2) is 5.78 Å². The second-order valence-corrected chi connectivity index (χ2v) is 8.34. The van der Waals surface area contributed by atoms with E-state index in [4.69, 9.17) is 23.2 Å². The molecule has 0 saturated carbocycles. The first kappa shape index (κ1) is 17.6. The zero-order valence-electron chi connectivity index (χ0n) is 12.6. The Hall–Kier alpha value is -1.26. The molecule has 0 aliphatic heterocycles. The van der Waals surface area contributed by atoms with Gasteiger partial charge in [0.1, 0.15) is 0 Å². The van der Waals surface area contributed by atoms with Crippen LogP contribution in [0.1, 0.15) is 26.9 Å². The van der Waals surface area contributed by atoms with Gasteiger partial charge in [0.2, 0.25) is 0 Å². The fraction of sp³-hybridized carbons (Fsp3) is 0.105. The summed E-state index contributed by atoms with van der Waals surface area (Å²) in [7, 11) is 0. The number of carbonyl (C=O) groups is 1. The highest BCUT2D eigenvalue weighted by atomic mass is 35.5. The van der Waals surface area contributed by atoms with Crippen molar-refractivity contribution in [3.05, 3.63) is 86.5 Å². The fourth-order valence-electron chi connectivity index (χ4n) is 2.27. The number of Topliss-reactive ketones (excluding diaryl/α,β-unsaturated/α-hetero) is 1. The highest BCUT2D eigenvalue weighted by molar-refractivity contribution is 7.99. The predicted molar refractivity (Wildman–Crippen MR) is 105 cm³/mol. The van der Waals surface area contributed by atoms with Gasteiger partial charge in [0.25, 0.3) is 0 Å². The van der Waals surface area contributed by atoms with Gasteiger partial charge in [-0.05, 0) is 60.0 Å². The zero-order valence-corrected chi connectivity index (χ0v) is 15.8. The number of carbonyl (C=O) groups excluding carboxylic acids is 1. The number of rotatable bonds is 6. The SMILES string of the molecule is O=C(CC(Sc1ccc(Cl)cc1)c1cccs1)c1ccc(Cl)cc1. The predicted octanol–water partition coefficient (Wildman–Crippen LogP) is 7.16. The van der Waals surface area contributed by atoms with Crippen LogP contribution >= 0.6 is 46.3 Å². The Balaban J connectivity index is 1.79. The molecule has 1 nitrogen and oxygen atoms in total. The second-order valence-electron chi connectivity index (χ2n) is 5.21. The molecule has 3 aromatic rings. The van der Waals surface area contributed by atoms with Gasteiger partial charge < -0.3 is 0 Å². The van der Waals surface area contributed by atoms with E-state index in [2.05, 4.69) is 6.07 Å². The van der Waals surface area contributed by atoms with Crippen LogP contribution in [0.4, 0.5) is 0 Å². The summed E-state index contributed by atoms with van der Waals surface area (Å²) in [6.07, 6.45) is 0.440. The third kappa shape index (κ3) is 4.64. The lowest BCUT2D eigenvalue weighted by Gasteiger charge is -2.15. The van der Waals surface area contributed by atoms with Crippen LogP contribution in [0, 0.1) is 0 Å². The molecule has 24 heavy (non-hydrogen) atoms. The summed E-state index contributed by atoms with van der Waals surface area (Å²) in [5.74, 6) is 0.117. The van der Waals surface area contributed by atoms with E-state index in [1.807, 2.05) is 35.7 Å². The summed E-state index contributed by atoms with van der Waals surface area (Å²) in [5, 5.41) is 3.47. The van der Waals surface area contributed by atoms with Crippen molar-refractivity contribution < 1.29 is 4.79 Å². The highest BCUT2D eigenvalue weighted by Gasteiger charge is 2.19. The fourth-order valence-corrected chi connectivity index (χ4v) is 4.59. The smallest absolute Gasteiger partial charge is 0.164 e. The summed E-state index contributed by atoms with van der Waals surface area (Å²) < 4.78 is 0. The van der Waals surface area contributed by atoms with Crippen LogP contribution < -0.4 is 0 Å². The molecule has 0 aliphatic carbocycles. The third-order valence-corrected chi connectivity index (χ3v) is 6.38. The molecule has 5 heteroatoms. The molecule has 0 aliphatic rings. The second kappa shape index (κ2) is 8.21. The lowest BCUT2D eigenvalue weighted by Crippen LogP contribution is -2.04. The quantitative estimate of drug-likeness (QED) is 0.326. The van der Waals surface area contributed by atoms with E-state index in [1.165, 1.54) is 4.88 Å². The van der Waals surface area contributed by atoms with Crippen LogP contribution in [-0.2, 0) is 0 Å². The van der Waals surface area contributed by atoms with Gasteiger partial charge >= 0.3 is 0 Å². The standard InChI is InChI=1S/C19H14Cl2OS2/c20-14-5-3-13(4-6-14)17(22)12-19(18-2-1-11-23-18)24-16-9-7-15(21)8-10-16/h1-11,19H,12H2. The Morgan fingerprint density at radius 1 is 0.958 bits per heavy atom. The minimum Gasteiger partial charge on any atom is -0.294 e. The Kier molecular flexibility index (Phi) is 6.01. The van der Waals surface area contributed by atoms with Crippen molar-refractivity contribution in [3.8, 4) is 0 Å². The van der Waals surface area contributed by atoms with E-state index in [9.17, 15) is 4.79 Å². The molecular formula is C19H14Cl2OS2. The summed E-state index contributed by atoms with van der Waals surface area (Å²) in [5.41, 5.74) is 0.692. The van der Waals surface area contributed by atoms with Gasteiger partial charge in [-0.1, -0.05) is 29.3 Å². The van der Waals surface area contributed by atoms with Crippen molar-refractivity contribution >= 4 is 52.1 Å². The number of benzene rings is 2. The van der Waals surface area contributed by atoms with E-state index >= 15 is 0 Å². The van der Waals surface area contributed by atoms with E-state index in [0.717, 1.165) is 4.90 Å². The number of hydrogen-bond acceptors (Lipinski definition) is 3. The van der Waals surface area contributed by atoms with Gasteiger partial charge in [0.05, 0.1) is 5.25 Å². The molecule has 1 heterocycles. The largest absolute Gasteiger partial charge is 0.294 e. The Labute approximate surface area is 159 Å². The van der Waals surface area contributed by atoms with Crippen molar-refractivity contribution in [3.63, 3.8) is 0 Å². The molecule has 2 aromatic carbocycles. The molecule has 1 atom stereocenters. The first-order valence-electron chi connectivity index (χ1n) is 7.36. The average Bonchev–Trinajstić information content (AvgIpc) is 3.11. The molecule has 1 unspecified atom stereocenters. The zero-order chi connectivity index (χ0) is 16.9. The van der Waals surface area contributed by atoms with Crippen LogP contribution in [0.3, 0.4) is 0 Å². The molecule has 3 rings (SSSR count). The Morgan fingerprint density at radius 2 is 1.58 bits per heavy atom. The van der Waals surface area contributed by atoms with Crippen molar-refractivity contribution in [1.82, 2.24) is 0 Å². The molecule has 0 spiro atoms. The number of ketones is 1. The minimum atomic E-state index is 0.0781. The normalized spacial score (nSPS) is 12.1. The summed E-state index contributed by atoms with van der Waals surface area (Å²) in [6, 6.07) is 18.9. The van der Waals surface area contributed by atoms with Crippen LogP contribution in [0.5, 0.6) is 0 Å². The monoisotopic (exact) mass is 392 g/mol. The average molecular weight is 393 g/mol. The number of hydrogen-bond donors (Lipinski definition) is 0. The van der Waals surface area contributed by atoms with Crippen molar-refractivity contribution in [2.45, 2.75) is 16.6 Å². The molecule has 0 fully saturated rings. The minimum absolute atomic E-state index is 0.0781. The van der Waals surface area contributed by atoms with Gasteiger partial charge in [-0.25, -0.2) is 0 Å². The van der Waals surface area contributed by atoms with E-state index in [-0.39, 0.29) is 11.0 Å². The molecule has 0 amide bonds. The summed E-state index contributed by atoms with van der Waals surface area (Å²) in [6.45, 7) is 0. The maximum Gasteiger partial charge on any atom is 0.164 e. The van der Waals surface area contributed by atoms with Crippen molar-refractivity contribution in [1.29, 1.82) is 0 Å². The van der Waals surface area contributed by atoms with E-state index in [0.29, 0.717) is 22.0 Å². The maximum absolute atomic E-state index is 12.6. The van der Waals surface area contributed by atoms with Gasteiger partial charge in [0, 0.05) is 31.8 Å². The lowest BCUT2D eigenvalue weighted by molar-refractivity contribution is 0.0982. The van der Waals surface area contributed by atoms with Crippen LogP contribution in [0.25, 0.3) is 0 Å². The van der Waals surface area contributed by atoms with Crippen LogP contribution in [-0.4, -0.2) is 5.78 Å². The number of thioether (sulfide) groups is 1. The number of thiophene rings is 1. The van der Waals surface area contributed by atoms with Gasteiger partial charge in [-0.3, -0.25) is 4.79 Å². The molecule has 1 aromatic heterocycles. The lowest BCUT2D eigenvalue weighted by atomic mass is 10.1. The maximum atomic E-state index is 12.6. The Bertz CT molecular complexity index is 796. The first-order valence-corrected chi connectivity index (χ1v) is 9.88. The van der Waals surface area contributed by atoms with Crippen LogP contribution in [0.15, 0.2) is 70.9 Å². The molecule has 0 bridgehead atoms. The molecular weight excluding hydrogens is 379 g/mol. The van der Waals surface area contributed by atoms with E-state index in [1.54, 1.807) is 47.4 Å². The summed E-state index contributed by atoms with van der Waals surface area (Å²) >= 11 is 15.2. The van der Waals surface area contributed by atoms with Gasteiger partial charge in [-0.15, -0.1) is 23.1 Å². The first-order chi connectivity index (χ1) is 11.6. The number of halogens is 2. The van der Waals surface area contributed by atoms with Crippen LogP contribution in [0.2, 0.25) is 10.0 Å². The van der Waals surface area contributed by atoms with E-state index < -0.39 is 0 Å². The highest BCUT2D eigenvalue weighted by Crippen LogP contribution is 2.40. The summed E-state index contributed by atoms with van der Waals surface area (Å²) in [4.78, 5) is 14.9. The molecule has 122 valence electrons. The van der Waals surface area contributed by atoms with Gasteiger partial charge in [-0.2, -0.15) is 0 Å². The Morgan fingerprint density at radius 3 is 2.17 bits per heavy atom. The van der Waals surface area contributed by atoms with Crippen molar-refractivity contribution in [2.75, 3.05) is 0 Å². The molecule has 0 radical (unpaired) electrons.